The molecule has 0 spiro atoms. The Hall–Kier alpha value is -1.95. The third kappa shape index (κ3) is 3.33. The summed E-state index contributed by atoms with van der Waals surface area (Å²) in [6.45, 7) is 0.445. The molecule has 6 nitrogen and oxygen atoms in total. The molecule has 2 rings (SSSR count). The van der Waals surface area contributed by atoms with E-state index in [-0.39, 0.29) is 25.2 Å². The lowest BCUT2D eigenvalue weighted by Gasteiger charge is -2.26. The molecule has 1 aromatic heterocycles. The van der Waals surface area contributed by atoms with Crippen molar-refractivity contribution in [3.63, 3.8) is 0 Å². The van der Waals surface area contributed by atoms with E-state index in [1.807, 2.05) is 18.2 Å². The lowest BCUT2D eigenvalue weighted by Crippen LogP contribution is -2.44. The molecule has 2 atom stereocenters. The van der Waals surface area contributed by atoms with Gasteiger partial charge in [-0.25, -0.2) is 0 Å². The molecule has 108 valence electrons. The van der Waals surface area contributed by atoms with Crippen LogP contribution in [-0.4, -0.2) is 53.2 Å². The number of amides is 1. The van der Waals surface area contributed by atoms with Crippen molar-refractivity contribution in [3.8, 4) is 0 Å². The Bertz CT molecular complexity index is 477. The van der Waals surface area contributed by atoms with Crippen molar-refractivity contribution in [2.24, 2.45) is 5.92 Å². The predicted octanol–water partition coefficient (Wildman–Crippen LogP) is 0.572. The smallest absolute Gasteiger partial charge is 0.311 e. The zero-order valence-corrected chi connectivity index (χ0v) is 11.4. The molecular weight excluding hydrogens is 260 g/mol. The van der Waals surface area contributed by atoms with Crippen LogP contribution in [0.25, 0.3) is 0 Å². The summed E-state index contributed by atoms with van der Waals surface area (Å²) < 4.78 is 5.18. The van der Waals surface area contributed by atoms with E-state index in [2.05, 4.69) is 4.98 Å². The second-order valence-electron chi connectivity index (χ2n) is 4.88. The maximum absolute atomic E-state index is 12.1. The highest BCUT2D eigenvalue weighted by Crippen LogP contribution is 2.19. The SMILES string of the molecule is CN(C(=O)CCc1ccccn1)C1COCC1C(=O)O. The van der Waals surface area contributed by atoms with Crippen molar-refractivity contribution in [3.05, 3.63) is 30.1 Å². The number of rotatable bonds is 5. The van der Waals surface area contributed by atoms with E-state index in [4.69, 9.17) is 9.84 Å². The summed E-state index contributed by atoms with van der Waals surface area (Å²) in [5, 5.41) is 9.09. The van der Waals surface area contributed by atoms with E-state index in [9.17, 15) is 9.59 Å². The van der Waals surface area contributed by atoms with Gasteiger partial charge in [0.15, 0.2) is 0 Å². The fourth-order valence-electron chi connectivity index (χ4n) is 2.30. The van der Waals surface area contributed by atoms with Crippen molar-refractivity contribution >= 4 is 11.9 Å². The fourth-order valence-corrected chi connectivity index (χ4v) is 2.30. The molecule has 2 heterocycles. The van der Waals surface area contributed by atoms with E-state index >= 15 is 0 Å². The molecule has 1 fully saturated rings. The average Bonchev–Trinajstić information content (AvgIpc) is 2.94. The van der Waals surface area contributed by atoms with Crippen molar-refractivity contribution in [1.29, 1.82) is 0 Å². The molecule has 0 bridgehead atoms. The topological polar surface area (TPSA) is 79.7 Å². The van der Waals surface area contributed by atoms with E-state index < -0.39 is 11.9 Å². The van der Waals surface area contributed by atoms with E-state index in [1.54, 1.807) is 13.2 Å². The predicted molar refractivity (Wildman–Crippen MR) is 71.1 cm³/mol. The first kappa shape index (κ1) is 14.5. The van der Waals surface area contributed by atoms with Crippen molar-refractivity contribution in [1.82, 2.24) is 9.88 Å². The molecule has 0 radical (unpaired) electrons. The third-order valence-electron chi connectivity index (χ3n) is 3.58. The first-order valence-corrected chi connectivity index (χ1v) is 6.55. The quantitative estimate of drug-likeness (QED) is 0.852. The summed E-state index contributed by atoms with van der Waals surface area (Å²) in [6.07, 6.45) is 2.56. The molecule has 1 saturated heterocycles. The Morgan fingerprint density at radius 1 is 1.45 bits per heavy atom. The number of carboxylic acid groups (broad SMARTS) is 1. The Morgan fingerprint density at radius 3 is 2.90 bits per heavy atom. The largest absolute Gasteiger partial charge is 0.481 e. The lowest BCUT2D eigenvalue weighted by atomic mass is 10.0. The van der Waals surface area contributed by atoms with Gasteiger partial charge in [-0.05, 0) is 18.6 Å². The van der Waals surface area contributed by atoms with Crippen LogP contribution in [0.4, 0.5) is 0 Å². The van der Waals surface area contributed by atoms with E-state index in [1.165, 1.54) is 4.90 Å². The summed E-state index contributed by atoms with van der Waals surface area (Å²) in [7, 11) is 1.63. The maximum Gasteiger partial charge on any atom is 0.311 e. The highest BCUT2D eigenvalue weighted by atomic mass is 16.5. The minimum Gasteiger partial charge on any atom is -0.481 e. The fraction of sp³-hybridized carbons (Fsp3) is 0.500. The molecule has 6 heteroatoms. The molecule has 2 unspecified atom stereocenters. The number of carboxylic acids is 1. The van der Waals surface area contributed by atoms with Crippen LogP contribution in [0.1, 0.15) is 12.1 Å². The number of aromatic nitrogens is 1. The number of pyridine rings is 1. The molecule has 1 aromatic rings. The number of carbonyl (C=O) groups is 2. The molecule has 1 aliphatic rings. The van der Waals surface area contributed by atoms with Gasteiger partial charge in [0, 0.05) is 25.4 Å². The van der Waals surface area contributed by atoms with Gasteiger partial charge in [-0.3, -0.25) is 14.6 Å². The van der Waals surface area contributed by atoms with Crippen molar-refractivity contribution < 1.29 is 19.4 Å². The first-order chi connectivity index (χ1) is 9.59. The van der Waals surface area contributed by atoms with E-state index in [0.29, 0.717) is 12.8 Å². The molecular formula is C14H18N2O4. The number of aliphatic carboxylic acids is 1. The van der Waals surface area contributed by atoms with Gasteiger partial charge in [0.05, 0.1) is 19.3 Å². The molecule has 1 N–H and O–H groups in total. The monoisotopic (exact) mass is 278 g/mol. The number of hydrogen-bond acceptors (Lipinski definition) is 4. The molecule has 1 aliphatic heterocycles. The zero-order chi connectivity index (χ0) is 14.5. The van der Waals surface area contributed by atoms with Gasteiger partial charge < -0.3 is 14.7 Å². The van der Waals surface area contributed by atoms with Gasteiger partial charge in [-0.2, -0.15) is 0 Å². The third-order valence-corrected chi connectivity index (χ3v) is 3.58. The molecule has 1 amide bonds. The van der Waals surface area contributed by atoms with Crippen LogP contribution in [0.2, 0.25) is 0 Å². The van der Waals surface area contributed by atoms with Crippen LogP contribution in [0.5, 0.6) is 0 Å². The molecule has 0 aromatic carbocycles. The number of aryl methyl sites for hydroxylation is 1. The van der Waals surface area contributed by atoms with Gasteiger partial charge in [0.2, 0.25) is 5.91 Å². The molecule has 20 heavy (non-hydrogen) atoms. The van der Waals surface area contributed by atoms with Gasteiger partial charge in [0.25, 0.3) is 0 Å². The summed E-state index contributed by atoms with van der Waals surface area (Å²) in [6, 6.07) is 5.18. The van der Waals surface area contributed by atoms with Crippen LogP contribution in [0.3, 0.4) is 0 Å². The number of nitrogens with zero attached hydrogens (tertiary/aromatic N) is 2. The molecule has 0 aliphatic carbocycles. The summed E-state index contributed by atoms with van der Waals surface area (Å²) >= 11 is 0. The van der Waals surface area contributed by atoms with E-state index in [0.717, 1.165) is 5.69 Å². The maximum atomic E-state index is 12.1. The Kier molecular flexibility index (Phi) is 4.68. The minimum absolute atomic E-state index is 0.0857. The second kappa shape index (κ2) is 6.47. The Morgan fingerprint density at radius 2 is 2.25 bits per heavy atom. The zero-order valence-electron chi connectivity index (χ0n) is 11.4. The molecule has 0 saturated carbocycles. The summed E-state index contributed by atoms with van der Waals surface area (Å²) in [4.78, 5) is 28.9. The number of ether oxygens (including phenoxy) is 1. The highest BCUT2D eigenvalue weighted by Gasteiger charge is 2.38. The minimum atomic E-state index is -0.920. The number of hydrogen-bond donors (Lipinski definition) is 1. The van der Waals surface area contributed by atoms with Gasteiger partial charge >= 0.3 is 5.97 Å². The van der Waals surface area contributed by atoms with Crippen LogP contribution in [0.15, 0.2) is 24.4 Å². The van der Waals surface area contributed by atoms with Gasteiger partial charge in [-0.15, -0.1) is 0 Å². The summed E-state index contributed by atoms with van der Waals surface area (Å²) in [5.41, 5.74) is 0.853. The van der Waals surface area contributed by atoms with Crippen LogP contribution in [-0.2, 0) is 20.7 Å². The Balaban J connectivity index is 1.90. The van der Waals surface area contributed by atoms with Crippen LogP contribution < -0.4 is 0 Å². The second-order valence-corrected chi connectivity index (χ2v) is 4.88. The lowest BCUT2D eigenvalue weighted by molar-refractivity contribution is -0.144. The standard InChI is InChI=1S/C14H18N2O4/c1-16(12-9-20-8-11(12)14(18)19)13(17)6-5-10-4-2-3-7-15-10/h2-4,7,11-12H,5-6,8-9H2,1H3,(H,18,19). The summed E-state index contributed by atoms with van der Waals surface area (Å²) in [5.74, 6) is -1.65. The average molecular weight is 278 g/mol. The Labute approximate surface area is 117 Å². The number of likely N-dealkylation sites (N-methyl/N-ethyl adjacent to an activating group) is 1. The van der Waals surface area contributed by atoms with Crippen molar-refractivity contribution in [2.75, 3.05) is 20.3 Å². The van der Waals surface area contributed by atoms with Gasteiger partial charge in [-0.1, -0.05) is 6.07 Å². The number of carbonyl (C=O) groups excluding carboxylic acids is 1. The van der Waals surface area contributed by atoms with Crippen LogP contribution >= 0.6 is 0 Å². The first-order valence-electron chi connectivity index (χ1n) is 6.55. The van der Waals surface area contributed by atoms with Gasteiger partial charge in [0.1, 0.15) is 5.92 Å². The van der Waals surface area contributed by atoms with Crippen molar-refractivity contribution in [2.45, 2.75) is 18.9 Å². The highest BCUT2D eigenvalue weighted by molar-refractivity contribution is 5.78. The van der Waals surface area contributed by atoms with Crippen LogP contribution in [0, 0.1) is 5.92 Å². The normalized spacial score (nSPS) is 21.6.